The molecule has 7 nitrogen and oxygen atoms in total. The standard InChI is InChI=1S/C14H20FN5O2/c1-18-4-6-19(7-5-18)8-10-2-3-11(21)14(13(10)15)20-9-12(22)16-17-20/h2-3,17,21H,4-9H2,1H3,(H,16,22). The van der Waals surface area contributed by atoms with E-state index in [0.717, 1.165) is 26.2 Å². The molecule has 1 aromatic rings. The third-order valence-electron chi connectivity index (χ3n) is 4.07. The summed E-state index contributed by atoms with van der Waals surface area (Å²) in [5.41, 5.74) is 5.44. The Morgan fingerprint density at radius 2 is 2.00 bits per heavy atom. The predicted octanol–water partition coefficient (Wildman–Crippen LogP) is -0.365. The van der Waals surface area contributed by atoms with Gasteiger partial charge in [0, 0.05) is 38.3 Å². The van der Waals surface area contributed by atoms with Gasteiger partial charge < -0.3 is 10.0 Å². The van der Waals surface area contributed by atoms with E-state index in [0.29, 0.717) is 12.1 Å². The zero-order chi connectivity index (χ0) is 15.7. The van der Waals surface area contributed by atoms with Gasteiger partial charge in [0.2, 0.25) is 0 Å². The number of nitrogens with one attached hydrogen (secondary N) is 2. The van der Waals surface area contributed by atoms with E-state index in [4.69, 9.17) is 0 Å². The van der Waals surface area contributed by atoms with E-state index in [-0.39, 0.29) is 23.9 Å². The van der Waals surface area contributed by atoms with Crippen LogP contribution in [-0.4, -0.2) is 60.6 Å². The van der Waals surface area contributed by atoms with Crippen LogP contribution in [0, 0.1) is 5.82 Å². The molecule has 120 valence electrons. The third-order valence-corrected chi connectivity index (χ3v) is 4.07. The molecule has 2 aliphatic heterocycles. The fourth-order valence-corrected chi connectivity index (χ4v) is 2.71. The number of carbonyl (C=O) groups is 1. The molecule has 8 heteroatoms. The van der Waals surface area contributed by atoms with E-state index in [2.05, 4.69) is 27.8 Å². The highest BCUT2D eigenvalue weighted by Gasteiger charge is 2.26. The number of piperazine rings is 1. The van der Waals surface area contributed by atoms with Crippen molar-refractivity contribution in [3.63, 3.8) is 0 Å². The van der Waals surface area contributed by atoms with Gasteiger partial charge in [0.25, 0.3) is 5.91 Å². The molecule has 2 heterocycles. The minimum absolute atomic E-state index is 0.00461. The van der Waals surface area contributed by atoms with Crippen LogP contribution >= 0.6 is 0 Å². The van der Waals surface area contributed by atoms with Crippen LogP contribution in [0.2, 0.25) is 0 Å². The molecule has 2 saturated heterocycles. The fraction of sp³-hybridized carbons (Fsp3) is 0.500. The number of phenolic OH excluding ortho intramolecular Hbond substituents is 1. The molecule has 0 bridgehead atoms. The molecule has 3 rings (SSSR count). The van der Waals surface area contributed by atoms with Crippen molar-refractivity contribution in [1.82, 2.24) is 20.8 Å². The van der Waals surface area contributed by atoms with Gasteiger partial charge in [-0.15, -0.1) is 5.53 Å². The number of likely N-dealkylation sites (N-methyl/N-ethyl adjacent to an activating group) is 1. The number of phenols is 1. The summed E-state index contributed by atoms with van der Waals surface area (Å²) >= 11 is 0. The predicted molar refractivity (Wildman–Crippen MR) is 79.5 cm³/mol. The molecule has 1 aromatic carbocycles. The molecule has 1 amide bonds. The quantitative estimate of drug-likeness (QED) is 0.708. The average Bonchev–Trinajstić information content (AvgIpc) is 2.91. The minimum Gasteiger partial charge on any atom is -0.506 e. The van der Waals surface area contributed by atoms with Crippen molar-refractivity contribution in [2.24, 2.45) is 0 Å². The fourth-order valence-electron chi connectivity index (χ4n) is 2.71. The molecule has 0 spiro atoms. The van der Waals surface area contributed by atoms with Crippen molar-refractivity contribution in [3.8, 4) is 5.75 Å². The highest BCUT2D eigenvalue weighted by atomic mass is 19.1. The number of nitrogens with zero attached hydrogens (tertiary/aromatic N) is 3. The Hall–Kier alpha value is -1.90. The lowest BCUT2D eigenvalue weighted by Crippen LogP contribution is -2.44. The summed E-state index contributed by atoms with van der Waals surface area (Å²) in [4.78, 5) is 15.7. The summed E-state index contributed by atoms with van der Waals surface area (Å²) in [6.45, 7) is 4.13. The first kappa shape index (κ1) is 15.0. The SMILES string of the molecule is CN1CCN(Cc2ccc(O)c(N3CC(=O)NN3)c2F)CC1. The molecule has 2 fully saturated rings. The first-order chi connectivity index (χ1) is 10.5. The smallest absolute Gasteiger partial charge is 0.256 e. The minimum atomic E-state index is -0.497. The van der Waals surface area contributed by atoms with Gasteiger partial charge in [-0.25, -0.2) is 4.39 Å². The molecule has 2 aliphatic rings. The number of halogens is 1. The monoisotopic (exact) mass is 309 g/mol. The lowest BCUT2D eigenvalue weighted by atomic mass is 10.1. The van der Waals surface area contributed by atoms with E-state index in [9.17, 15) is 14.3 Å². The van der Waals surface area contributed by atoms with E-state index < -0.39 is 5.82 Å². The number of rotatable bonds is 3. The molecule has 3 N–H and O–H groups in total. The zero-order valence-electron chi connectivity index (χ0n) is 12.5. The highest BCUT2D eigenvalue weighted by Crippen LogP contribution is 2.32. The Bertz CT molecular complexity index is 575. The molecule has 0 aromatic heterocycles. The van der Waals surface area contributed by atoms with E-state index in [1.807, 2.05) is 0 Å². The average molecular weight is 309 g/mol. The number of hydrogen-bond donors (Lipinski definition) is 3. The second-order valence-corrected chi connectivity index (χ2v) is 5.73. The lowest BCUT2D eigenvalue weighted by Gasteiger charge is -2.32. The van der Waals surface area contributed by atoms with Crippen molar-refractivity contribution in [3.05, 3.63) is 23.5 Å². The van der Waals surface area contributed by atoms with Crippen molar-refractivity contribution >= 4 is 11.6 Å². The lowest BCUT2D eigenvalue weighted by molar-refractivity contribution is -0.118. The number of carbonyl (C=O) groups excluding carboxylic acids is 1. The Morgan fingerprint density at radius 1 is 1.27 bits per heavy atom. The number of benzene rings is 1. The Morgan fingerprint density at radius 3 is 2.64 bits per heavy atom. The number of hydrogen-bond acceptors (Lipinski definition) is 6. The van der Waals surface area contributed by atoms with Gasteiger partial charge in [-0.05, 0) is 13.1 Å². The Kier molecular flexibility index (Phi) is 4.14. The first-order valence-electron chi connectivity index (χ1n) is 7.28. The number of hydrazine groups is 2. The maximum atomic E-state index is 14.7. The van der Waals surface area contributed by atoms with Crippen molar-refractivity contribution < 1.29 is 14.3 Å². The Labute approximate surface area is 128 Å². The topological polar surface area (TPSA) is 71.1 Å². The largest absolute Gasteiger partial charge is 0.506 e. The van der Waals surface area contributed by atoms with E-state index in [1.54, 1.807) is 6.07 Å². The second kappa shape index (κ2) is 6.07. The van der Waals surface area contributed by atoms with Gasteiger partial charge >= 0.3 is 0 Å². The molecule has 22 heavy (non-hydrogen) atoms. The maximum absolute atomic E-state index is 14.7. The second-order valence-electron chi connectivity index (χ2n) is 5.73. The Balaban J connectivity index is 1.79. The van der Waals surface area contributed by atoms with Crippen molar-refractivity contribution in [2.45, 2.75) is 6.54 Å². The first-order valence-corrected chi connectivity index (χ1v) is 7.28. The summed E-state index contributed by atoms with van der Waals surface area (Å²) in [7, 11) is 2.07. The van der Waals surface area contributed by atoms with Gasteiger partial charge in [0.1, 0.15) is 18.0 Å². The van der Waals surface area contributed by atoms with Gasteiger partial charge in [0.15, 0.2) is 5.82 Å². The molecule has 0 saturated carbocycles. The van der Waals surface area contributed by atoms with Crippen LogP contribution in [0.4, 0.5) is 10.1 Å². The summed E-state index contributed by atoms with van der Waals surface area (Å²) in [5, 5.41) is 11.2. The van der Waals surface area contributed by atoms with Crippen LogP contribution in [0.5, 0.6) is 5.75 Å². The number of aromatic hydroxyl groups is 1. The van der Waals surface area contributed by atoms with Gasteiger partial charge in [0.05, 0.1) is 0 Å². The molecule has 0 atom stereocenters. The molecular weight excluding hydrogens is 289 g/mol. The molecule has 0 radical (unpaired) electrons. The van der Waals surface area contributed by atoms with Crippen molar-refractivity contribution in [1.29, 1.82) is 0 Å². The van der Waals surface area contributed by atoms with E-state index in [1.165, 1.54) is 11.1 Å². The highest BCUT2D eigenvalue weighted by molar-refractivity contribution is 5.84. The third kappa shape index (κ3) is 2.99. The van der Waals surface area contributed by atoms with Gasteiger partial charge in [-0.3, -0.25) is 20.1 Å². The van der Waals surface area contributed by atoms with E-state index >= 15 is 0 Å². The van der Waals surface area contributed by atoms with Crippen LogP contribution < -0.4 is 16.0 Å². The number of amides is 1. The van der Waals surface area contributed by atoms with Gasteiger partial charge in [-0.1, -0.05) is 6.07 Å². The van der Waals surface area contributed by atoms with Crippen LogP contribution in [0.1, 0.15) is 5.56 Å². The summed E-state index contributed by atoms with van der Waals surface area (Å²) in [5.74, 6) is -0.963. The van der Waals surface area contributed by atoms with Crippen LogP contribution in [0.25, 0.3) is 0 Å². The van der Waals surface area contributed by atoms with Crippen LogP contribution in [0.15, 0.2) is 12.1 Å². The van der Waals surface area contributed by atoms with Crippen LogP contribution in [0.3, 0.4) is 0 Å². The summed E-state index contributed by atoms with van der Waals surface area (Å²) < 4.78 is 14.7. The zero-order valence-corrected chi connectivity index (χ0v) is 12.5. The molecular formula is C14H20FN5O2. The molecule has 0 aliphatic carbocycles. The maximum Gasteiger partial charge on any atom is 0.256 e. The van der Waals surface area contributed by atoms with Gasteiger partial charge in [-0.2, -0.15) is 0 Å². The van der Waals surface area contributed by atoms with Crippen LogP contribution in [-0.2, 0) is 11.3 Å². The summed E-state index contributed by atoms with van der Waals surface area (Å²) in [6.07, 6.45) is 0. The summed E-state index contributed by atoms with van der Waals surface area (Å²) in [6, 6.07) is 3.06. The van der Waals surface area contributed by atoms with Crippen molar-refractivity contribution in [2.75, 3.05) is 44.8 Å². The normalized spacial score (nSPS) is 20.5. The molecule has 0 unspecified atom stereocenters. The number of anilines is 1.